The maximum Gasteiger partial charge on any atom is 0.254 e. The van der Waals surface area contributed by atoms with Gasteiger partial charge in [0.05, 0.1) is 16.1 Å². The number of anilines is 1. The molecule has 148 valence electrons. The zero-order valence-electron chi connectivity index (χ0n) is 16.3. The van der Waals surface area contributed by atoms with Crippen molar-refractivity contribution in [2.24, 2.45) is 0 Å². The van der Waals surface area contributed by atoms with E-state index in [-0.39, 0.29) is 12.1 Å². The molecule has 1 aromatic carbocycles. The fourth-order valence-corrected chi connectivity index (χ4v) is 4.04. The summed E-state index contributed by atoms with van der Waals surface area (Å²) >= 11 is 6.39. The number of rotatable bonds is 3. The van der Waals surface area contributed by atoms with E-state index in [1.165, 1.54) is 0 Å². The van der Waals surface area contributed by atoms with Gasteiger partial charge in [-0.1, -0.05) is 17.7 Å². The normalized spacial score (nSPS) is 19.3. The zero-order chi connectivity index (χ0) is 19.8. The molecule has 1 unspecified atom stereocenters. The Balaban J connectivity index is 1.45. The second-order valence-electron chi connectivity index (χ2n) is 7.36. The monoisotopic (exact) mass is 401 g/mol. The van der Waals surface area contributed by atoms with Gasteiger partial charge in [0.2, 0.25) is 0 Å². The number of fused-ring (bicyclic) bond motifs is 1. The van der Waals surface area contributed by atoms with E-state index in [0.29, 0.717) is 10.6 Å². The van der Waals surface area contributed by atoms with E-state index in [1.807, 2.05) is 31.2 Å². The molecule has 28 heavy (non-hydrogen) atoms. The number of piperazine rings is 1. The first kappa shape index (κ1) is 19.0. The first-order valence-corrected chi connectivity index (χ1v) is 9.71. The van der Waals surface area contributed by atoms with E-state index in [9.17, 15) is 4.79 Å². The zero-order valence-corrected chi connectivity index (χ0v) is 17.0. The molecule has 1 N–H and O–H groups in total. The molecule has 4 rings (SSSR count). The summed E-state index contributed by atoms with van der Waals surface area (Å²) in [5.41, 5.74) is 5.72. The predicted molar refractivity (Wildman–Crippen MR) is 109 cm³/mol. The third-order valence-electron chi connectivity index (χ3n) is 5.25. The molecule has 2 aliphatic rings. The molecule has 7 nitrogen and oxygen atoms in total. The highest BCUT2D eigenvalue weighted by Gasteiger charge is 2.33. The quantitative estimate of drug-likeness (QED) is 0.852. The van der Waals surface area contributed by atoms with Crippen LogP contribution in [0.4, 0.5) is 5.82 Å². The average Bonchev–Trinajstić information content (AvgIpc) is 3.13. The lowest BCUT2D eigenvalue weighted by molar-refractivity contribution is 0.0779. The van der Waals surface area contributed by atoms with Gasteiger partial charge in [-0.05, 0) is 30.7 Å². The molecule has 0 saturated carbocycles. The minimum atomic E-state index is -0.0417. The smallest absolute Gasteiger partial charge is 0.254 e. The van der Waals surface area contributed by atoms with Crippen LogP contribution >= 0.6 is 11.6 Å². The van der Waals surface area contributed by atoms with Crippen molar-refractivity contribution < 1.29 is 9.63 Å². The van der Waals surface area contributed by atoms with Crippen molar-refractivity contribution in [3.05, 3.63) is 52.2 Å². The molecular weight excluding hydrogens is 378 g/mol. The van der Waals surface area contributed by atoms with Crippen LogP contribution in [0.25, 0.3) is 0 Å². The molecule has 2 aromatic rings. The van der Waals surface area contributed by atoms with E-state index in [2.05, 4.69) is 20.3 Å². The second kappa shape index (κ2) is 7.58. The van der Waals surface area contributed by atoms with E-state index >= 15 is 0 Å². The van der Waals surface area contributed by atoms with Crippen LogP contribution < -0.4 is 15.2 Å². The number of benzene rings is 1. The Morgan fingerprint density at radius 3 is 2.71 bits per heavy atom. The summed E-state index contributed by atoms with van der Waals surface area (Å²) in [6.07, 6.45) is 1.62. The first-order chi connectivity index (χ1) is 13.5. The summed E-state index contributed by atoms with van der Waals surface area (Å²) in [6, 6.07) is 7.62. The van der Waals surface area contributed by atoms with Crippen molar-refractivity contribution in [3.63, 3.8) is 0 Å². The van der Waals surface area contributed by atoms with Gasteiger partial charge in [-0.25, -0.2) is 4.98 Å². The SMILES string of the molecule is Cc1cc(C(=O)N(C)C)cnc1N1CCN(C2NOc3cccc(Cl)c32)CC1. The largest absolute Gasteiger partial charge is 0.406 e. The van der Waals surface area contributed by atoms with Crippen molar-refractivity contribution in [2.75, 3.05) is 45.2 Å². The summed E-state index contributed by atoms with van der Waals surface area (Å²) in [7, 11) is 3.49. The molecule has 0 spiro atoms. The van der Waals surface area contributed by atoms with E-state index < -0.39 is 0 Å². The van der Waals surface area contributed by atoms with Gasteiger partial charge in [0.15, 0.2) is 5.75 Å². The summed E-state index contributed by atoms with van der Waals surface area (Å²) in [6.45, 7) is 5.39. The number of aromatic nitrogens is 1. The minimum absolute atomic E-state index is 0.0326. The summed E-state index contributed by atoms with van der Waals surface area (Å²) in [5.74, 6) is 1.69. The molecule has 2 aliphatic heterocycles. The van der Waals surface area contributed by atoms with Crippen LogP contribution in [0, 0.1) is 6.92 Å². The van der Waals surface area contributed by atoms with Crippen molar-refractivity contribution in [1.29, 1.82) is 0 Å². The molecule has 1 saturated heterocycles. The first-order valence-electron chi connectivity index (χ1n) is 9.34. The van der Waals surface area contributed by atoms with Crippen LogP contribution in [0.1, 0.15) is 27.7 Å². The molecule has 1 aromatic heterocycles. The van der Waals surface area contributed by atoms with Crippen LogP contribution in [0.3, 0.4) is 0 Å². The molecule has 1 amide bonds. The third-order valence-corrected chi connectivity index (χ3v) is 5.58. The average molecular weight is 402 g/mol. The number of carbonyl (C=O) groups is 1. The van der Waals surface area contributed by atoms with Gasteiger partial charge in [-0.15, -0.1) is 5.48 Å². The highest BCUT2D eigenvalue weighted by atomic mass is 35.5. The number of carbonyl (C=O) groups excluding carboxylic acids is 1. The number of halogens is 1. The third kappa shape index (κ3) is 3.41. The van der Waals surface area contributed by atoms with E-state index in [4.69, 9.17) is 16.4 Å². The number of hydrogen-bond acceptors (Lipinski definition) is 6. The van der Waals surface area contributed by atoms with Crippen LogP contribution in [-0.2, 0) is 0 Å². The second-order valence-corrected chi connectivity index (χ2v) is 7.77. The predicted octanol–water partition coefficient (Wildman–Crippen LogP) is 2.46. The lowest BCUT2D eigenvalue weighted by atomic mass is 10.1. The van der Waals surface area contributed by atoms with Crippen LogP contribution in [0.15, 0.2) is 30.5 Å². The van der Waals surface area contributed by atoms with Gasteiger partial charge in [-0.2, -0.15) is 0 Å². The van der Waals surface area contributed by atoms with Gasteiger partial charge in [0.25, 0.3) is 5.91 Å². The van der Waals surface area contributed by atoms with Crippen LogP contribution in [0.2, 0.25) is 5.02 Å². The van der Waals surface area contributed by atoms with Crippen LogP contribution in [0.5, 0.6) is 5.75 Å². The van der Waals surface area contributed by atoms with Gasteiger partial charge < -0.3 is 14.6 Å². The topological polar surface area (TPSA) is 60.9 Å². The molecule has 1 fully saturated rings. The maximum atomic E-state index is 12.1. The molecule has 0 bridgehead atoms. The fraction of sp³-hybridized carbons (Fsp3) is 0.400. The summed E-state index contributed by atoms with van der Waals surface area (Å²) in [5, 5.41) is 0.716. The summed E-state index contributed by atoms with van der Waals surface area (Å²) in [4.78, 5) is 28.5. The number of pyridine rings is 1. The highest BCUT2D eigenvalue weighted by Crippen LogP contribution is 2.38. The van der Waals surface area contributed by atoms with Gasteiger partial charge in [-0.3, -0.25) is 9.69 Å². The highest BCUT2D eigenvalue weighted by molar-refractivity contribution is 6.31. The van der Waals surface area contributed by atoms with Crippen LogP contribution in [-0.4, -0.2) is 61.0 Å². The van der Waals surface area contributed by atoms with Crippen molar-refractivity contribution in [3.8, 4) is 5.75 Å². The van der Waals surface area contributed by atoms with E-state index in [0.717, 1.165) is 48.9 Å². The number of hydrogen-bond donors (Lipinski definition) is 1. The lowest BCUT2D eigenvalue weighted by Gasteiger charge is -2.38. The molecule has 0 radical (unpaired) electrons. The standard InChI is InChI=1S/C20H24ClN5O2/c1-13-11-14(20(27)24(2)3)12-22-18(13)25-7-9-26(10-8-25)19-17-15(21)5-4-6-16(17)28-23-19/h4-6,11-12,19,23H,7-10H2,1-3H3. The van der Waals surface area contributed by atoms with Crippen molar-refractivity contribution >= 4 is 23.3 Å². The Bertz CT molecular complexity index is 896. The van der Waals surface area contributed by atoms with Gasteiger partial charge >= 0.3 is 0 Å². The Morgan fingerprint density at radius 1 is 1.29 bits per heavy atom. The summed E-state index contributed by atoms with van der Waals surface area (Å²) < 4.78 is 0. The Hall–Kier alpha value is -2.35. The van der Waals surface area contributed by atoms with E-state index in [1.54, 1.807) is 25.2 Å². The van der Waals surface area contributed by atoms with Crippen molar-refractivity contribution in [1.82, 2.24) is 20.3 Å². The maximum absolute atomic E-state index is 12.1. The van der Waals surface area contributed by atoms with Crippen molar-refractivity contribution in [2.45, 2.75) is 13.1 Å². The molecular formula is C20H24ClN5O2. The molecule has 3 heterocycles. The number of nitrogens with one attached hydrogen (secondary N) is 1. The molecule has 1 atom stereocenters. The Labute approximate surface area is 169 Å². The van der Waals surface area contributed by atoms with Gasteiger partial charge in [0, 0.05) is 46.5 Å². The Kier molecular flexibility index (Phi) is 5.14. The Morgan fingerprint density at radius 2 is 2.04 bits per heavy atom. The van der Waals surface area contributed by atoms with Gasteiger partial charge in [0.1, 0.15) is 12.0 Å². The number of nitrogens with zero attached hydrogens (tertiary/aromatic N) is 4. The fourth-order valence-electron chi connectivity index (χ4n) is 3.77. The minimum Gasteiger partial charge on any atom is -0.406 e. The number of hydroxylamine groups is 1. The molecule has 0 aliphatic carbocycles. The number of amides is 1. The molecule has 8 heteroatoms. The number of aryl methyl sites for hydroxylation is 1. The lowest BCUT2D eigenvalue weighted by Crippen LogP contribution is -2.50.